The molecule has 2 rings (SSSR count). The molecular weight excluding hydrogens is 259 g/mol. The van der Waals surface area contributed by atoms with Gasteiger partial charge in [-0.05, 0) is 20.9 Å². The van der Waals surface area contributed by atoms with Gasteiger partial charge in [0, 0.05) is 0 Å². The number of fused-ring (bicyclic) bond motifs is 1. The molecule has 3 nitrogen and oxygen atoms in total. The van der Waals surface area contributed by atoms with Gasteiger partial charge in [-0.25, -0.2) is 0 Å². The lowest BCUT2D eigenvalue weighted by molar-refractivity contribution is -0.186. The fraction of sp³-hybridized carbons (Fsp3) is 0.333. The van der Waals surface area contributed by atoms with Crippen molar-refractivity contribution in [3.8, 4) is 0 Å². The van der Waals surface area contributed by atoms with Gasteiger partial charge in [0.05, 0.1) is 0 Å². The molecule has 19 heavy (non-hydrogen) atoms. The maximum absolute atomic E-state index is 10.3. The molecular formula is C15H19O3P. The number of benzene rings is 2. The van der Waals surface area contributed by atoms with Gasteiger partial charge in [-0.2, -0.15) is 0 Å². The molecule has 0 bridgehead atoms. The van der Waals surface area contributed by atoms with Crippen molar-refractivity contribution >= 4 is 19.0 Å². The fourth-order valence-corrected chi connectivity index (χ4v) is 1.79. The summed E-state index contributed by atoms with van der Waals surface area (Å²) >= 11 is 0. The molecule has 0 N–H and O–H groups in total. The molecule has 102 valence electrons. The third kappa shape index (κ3) is 5.48. The number of hydrogen-bond acceptors (Lipinski definition) is 3. The molecule has 0 spiro atoms. The van der Waals surface area contributed by atoms with Crippen molar-refractivity contribution in [3.63, 3.8) is 0 Å². The second kappa shape index (κ2) is 8.76. The van der Waals surface area contributed by atoms with Crippen LogP contribution in [-0.2, 0) is 15.7 Å². The highest BCUT2D eigenvalue weighted by atomic mass is 31.1. The zero-order valence-corrected chi connectivity index (χ0v) is 12.2. The Bertz CT molecular complexity index is 518. The summed E-state index contributed by atoms with van der Waals surface area (Å²) in [6.07, 6.45) is 2.64. The Kier molecular flexibility index (Phi) is 7.27. The summed E-state index contributed by atoms with van der Waals surface area (Å²) in [5.41, 5.74) is 0.882. The van der Waals surface area contributed by atoms with Gasteiger partial charge in [0.25, 0.3) is 0 Å². The third-order valence-corrected chi connectivity index (χ3v) is 3.05. The predicted molar refractivity (Wildman–Crippen MR) is 76.9 cm³/mol. The molecule has 2 aromatic rings. The Morgan fingerprint density at radius 2 is 1.68 bits per heavy atom. The van der Waals surface area contributed by atoms with Crippen molar-refractivity contribution < 1.29 is 14.0 Å². The van der Waals surface area contributed by atoms with E-state index in [4.69, 9.17) is 0 Å². The van der Waals surface area contributed by atoms with Crippen LogP contribution in [-0.4, -0.2) is 0 Å². The molecule has 0 saturated heterocycles. The minimum atomic E-state index is -2.78. The summed E-state index contributed by atoms with van der Waals surface area (Å²) in [4.78, 5) is 10.3. The van der Waals surface area contributed by atoms with Crippen LogP contribution in [0.15, 0.2) is 42.5 Å². The Morgan fingerprint density at radius 3 is 2.32 bits per heavy atom. The molecule has 0 radical (unpaired) electrons. The molecule has 1 unspecified atom stereocenters. The third-order valence-electron chi connectivity index (χ3n) is 2.71. The summed E-state index contributed by atoms with van der Waals surface area (Å²) in [6.45, 7) is 4.46. The van der Waals surface area contributed by atoms with Crippen molar-refractivity contribution in [1.29, 1.82) is 0 Å². The monoisotopic (exact) mass is 278 g/mol. The van der Waals surface area contributed by atoms with Crippen molar-refractivity contribution in [2.75, 3.05) is 0 Å². The maximum Gasteiger partial charge on any atom is 0.488 e. The minimum absolute atomic E-state index is 0.0973. The molecule has 4 heteroatoms. The van der Waals surface area contributed by atoms with Gasteiger partial charge in [0.15, 0.2) is 0 Å². The molecule has 1 atom stereocenters. The normalized spacial score (nSPS) is 10.8. The van der Waals surface area contributed by atoms with Crippen LogP contribution < -0.4 is 4.89 Å². The van der Waals surface area contributed by atoms with Crippen molar-refractivity contribution in [1.82, 2.24) is 0 Å². The Labute approximate surface area is 115 Å². The molecule has 0 heterocycles. The molecule has 0 aliphatic rings. The van der Waals surface area contributed by atoms with Crippen LogP contribution in [0.3, 0.4) is 0 Å². The summed E-state index contributed by atoms with van der Waals surface area (Å²) in [7, 11) is -2.78. The Morgan fingerprint density at radius 1 is 1.05 bits per heavy atom. The van der Waals surface area contributed by atoms with Crippen LogP contribution >= 0.6 is 8.25 Å². The van der Waals surface area contributed by atoms with Gasteiger partial charge in [-0.1, -0.05) is 69.2 Å². The van der Waals surface area contributed by atoms with E-state index in [-0.39, 0.29) is 6.61 Å². The SMILES string of the molecule is CCCC.O=[P+]([O-])OCc1cccc2ccccc12. The van der Waals surface area contributed by atoms with E-state index < -0.39 is 8.25 Å². The van der Waals surface area contributed by atoms with E-state index >= 15 is 0 Å². The van der Waals surface area contributed by atoms with E-state index in [1.54, 1.807) is 0 Å². The van der Waals surface area contributed by atoms with E-state index in [0.717, 1.165) is 16.3 Å². The molecule has 0 saturated carbocycles. The first-order chi connectivity index (χ1) is 9.19. The zero-order valence-electron chi connectivity index (χ0n) is 11.3. The number of rotatable bonds is 4. The largest absolute Gasteiger partial charge is 0.566 e. The van der Waals surface area contributed by atoms with Gasteiger partial charge in [0.1, 0.15) is 6.61 Å². The van der Waals surface area contributed by atoms with E-state index in [0.29, 0.717) is 0 Å². The van der Waals surface area contributed by atoms with E-state index in [2.05, 4.69) is 18.4 Å². The highest BCUT2D eigenvalue weighted by Gasteiger charge is 2.05. The summed E-state index contributed by atoms with van der Waals surface area (Å²) in [6, 6.07) is 13.5. The Balaban J connectivity index is 0.000000399. The van der Waals surface area contributed by atoms with Crippen LogP contribution in [0.25, 0.3) is 10.8 Å². The first kappa shape index (κ1) is 15.8. The number of unbranched alkanes of at least 4 members (excludes halogenated alkanes) is 1. The van der Waals surface area contributed by atoms with Crippen LogP contribution in [0.2, 0.25) is 0 Å². The van der Waals surface area contributed by atoms with E-state index in [1.165, 1.54) is 12.8 Å². The lowest BCUT2D eigenvalue weighted by Crippen LogP contribution is -1.93. The maximum atomic E-state index is 10.3. The van der Waals surface area contributed by atoms with Gasteiger partial charge >= 0.3 is 8.25 Å². The van der Waals surface area contributed by atoms with Crippen LogP contribution in [0.5, 0.6) is 0 Å². The lowest BCUT2D eigenvalue weighted by Gasteiger charge is -2.02. The van der Waals surface area contributed by atoms with Crippen molar-refractivity contribution in [3.05, 3.63) is 48.0 Å². The second-order valence-electron chi connectivity index (χ2n) is 4.14. The summed E-state index contributed by atoms with van der Waals surface area (Å²) in [5, 5.41) is 2.11. The molecule has 0 aliphatic heterocycles. The van der Waals surface area contributed by atoms with Crippen LogP contribution in [0.1, 0.15) is 32.3 Å². The van der Waals surface area contributed by atoms with Crippen LogP contribution in [0, 0.1) is 0 Å². The fourth-order valence-electron chi connectivity index (χ4n) is 1.54. The van der Waals surface area contributed by atoms with Crippen LogP contribution in [0.4, 0.5) is 0 Å². The molecule has 0 fully saturated rings. The average Bonchev–Trinajstić information content (AvgIpc) is 2.45. The topological polar surface area (TPSA) is 49.4 Å². The molecule has 0 amide bonds. The first-order valence-corrected chi connectivity index (χ1v) is 7.52. The molecule has 0 aliphatic carbocycles. The van der Waals surface area contributed by atoms with Crippen molar-refractivity contribution in [2.45, 2.75) is 33.3 Å². The quantitative estimate of drug-likeness (QED) is 0.788. The zero-order chi connectivity index (χ0) is 14.1. The van der Waals surface area contributed by atoms with Gasteiger partial charge in [-0.15, -0.1) is 4.52 Å². The second-order valence-corrected chi connectivity index (χ2v) is 4.84. The average molecular weight is 278 g/mol. The predicted octanol–water partition coefficient (Wildman–Crippen LogP) is 4.18. The molecule has 0 aromatic heterocycles. The van der Waals surface area contributed by atoms with E-state index in [9.17, 15) is 9.46 Å². The summed E-state index contributed by atoms with van der Waals surface area (Å²) in [5.74, 6) is 0. The smallest absolute Gasteiger partial charge is 0.488 e. The standard InChI is InChI=1S/C11H9O3P.C4H10/c12-15(13)14-8-10-6-3-5-9-4-1-2-7-11(9)10;1-3-4-2/h1-7H,8H2;3-4H2,1-2H3. The lowest BCUT2D eigenvalue weighted by atomic mass is 10.1. The van der Waals surface area contributed by atoms with Gasteiger partial charge in [-0.3, -0.25) is 0 Å². The van der Waals surface area contributed by atoms with Crippen molar-refractivity contribution in [2.24, 2.45) is 0 Å². The first-order valence-electron chi connectivity index (χ1n) is 6.43. The van der Waals surface area contributed by atoms with E-state index in [1.807, 2.05) is 42.5 Å². The minimum Gasteiger partial charge on any atom is -0.566 e. The highest BCUT2D eigenvalue weighted by Crippen LogP contribution is 2.21. The van der Waals surface area contributed by atoms with Gasteiger partial charge in [0.2, 0.25) is 0 Å². The number of hydrogen-bond donors (Lipinski definition) is 0. The molecule has 2 aromatic carbocycles. The Hall–Kier alpha value is -1.28. The highest BCUT2D eigenvalue weighted by molar-refractivity contribution is 7.30. The van der Waals surface area contributed by atoms with Gasteiger partial charge < -0.3 is 4.89 Å². The summed E-state index contributed by atoms with van der Waals surface area (Å²) < 4.78 is 14.9.